The molecule has 2 aliphatic rings. The van der Waals surface area contributed by atoms with Crippen LogP contribution in [0.15, 0.2) is 48.8 Å². The van der Waals surface area contributed by atoms with E-state index in [0.717, 1.165) is 16.9 Å². The predicted molar refractivity (Wildman–Crippen MR) is 129 cm³/mol. The van der Waals surface area contributed by atoms with Crippen molar-refractivity contribution in [2.45, 2.75) is 26.1 Å². The van der Waals surface area contributed by atoms with Gasteiger partial charge in [0.1, 0.15) is 5.82 Å². The van der Waals surface area contributed by atoms with Crippen molar-refractivity contribution >= 4 is 29.3 Å². The van der Waals surface area contributed by atoms with E-state index in [4.69, 9.17) is 14.7 Å². The van der Waals surface area contributed by atoms with Crippen LogP contribution in [0.25, 0.3) is 11.4 Å². The summed E-state index contributed by atoms with van der Waals surface area (Å²) in [5.74, 6) is 1.26. The van der Waals surface area contributed by atoms with E-state index in [9.17, 15) is 14.7 Å². The highest BCUT2D eigenvalue weighted by molar-refractivity contribution is 5.99. The Balaban J connectivity index is 1.39. The van der Waals surface area contributed by atoms with Gasteiger partial charge in [-0.25, -0.2) is 19.6 Å². The van der Waals surface area contributed by atoms with Gasteiger partial charge in [-0.3, -0.25) is 9.88 Å². The fraction of sp³-hybridized carbons (Fsp3) is 0.292. The minimum absolute atomic E-state index is 0.111. The number of nitrogens with one attached hydrogen (secondary N) is 2. The highest BCUT2D eigenvalue weighted by Gasteiger charge is 2.32. The molecule has 11 heteroatoms. The first-order chi connectivity index (χ1) is 17.0. The number of aromatic nitrogens is 3. The third-order valence-corrected chi connectivity index (χ3v) is 5.99. The lowest BCUT2D eigenvalue weighted by molar-refractivity contribution is 0.0983. The molecule has 5 rings (SSSR count). The zero-order valence-electron chi connectivity index (χ0n) is 19.1. The summed E-state index contributed by atoms with van der Waals surface area (Å²) in [7, 11) is 0. The third kappa shape index (κ3) is 4.85. The van der Waals surface area contributed by atoms with Gasteiger partial charge in [-0.2, -0.15) is 0 Å². The highest BCUT2D eigenvalue weighted by Crippen LogP contribution is 2.33. The molecular weight excluding hydrogens is 450 g/mol. The van der Waals surface area contributed by atoms with Gasteiger partial charge in [0.2, 0.25) is 0 Å². The SMILES string of the molecule is CC1COCCN1c1nc(-c2ccc(NC(=O)Nc3cccnc3)cc2)nc2c1CN(C(=O)O)C2. The molecule has 1 aromatic carbocycles. The topological polar surface area (TPSA) is 133 Å². The summed E-state index contributed by atoms with van der Waals surface area (Å²) in [5.41, 5.74) is 3.52. The van der Waals surface area contributed by atoms with Crippen LogP contribution in [0.1, 0.15) is 18.2 Å². The summed E-state index contributed by atoms with van der Waals surface area (Å²) in [4.78, 5) is 40.9. The number of benzene rings is 1. The van der Waals surface area contributed by atoms with Crippen molar-refractivity contribution in [3.8, 4) is 11.4 Å². The molecule has 1 unspecified atom stereocenters. The summed E-state index contributed by atoms with van der Waals surface area (Å²) >= 11 is 0. The number of urea groups is 1. The molecule has 0 aliphatic carbocycles. The zero-order chi connectivity index (χ0) is 24.4. The lowest BCUT2D eigenvalue weighted by Gasteiger charge is -2.35. The highest BCUT2D eigenvalue weighted by atomic mass is 16.5. The van der Waals surface area contributed by atoms with Gasteiger partial charge in [0, 0.05) is 29.6 Å². The summed E-state index contributed by atoms with van der Waals surface area (Å²) in [6, 6.07) is 10.4. The predicted octanol–water partition coefficient (Wildman–Crippen LogP) is 3.40. The molecule has 3 N–H and O–H groups in total. The Morgan fingerprint density at radius 1 is 1.09 bits per heavy atom. The van der Waals surface area contributed by atoms with E-state index in [-0.39, 0.29) is 25.2 Å². The van der Waals surface area contributed by atoms with Gasteiger partial charge in [0.15, 0.2) is 5.82 Å². The number of carbonyl (C=O) groups is 2. The first kappa shape index (κ1) is 22.5. The molecule has 0 bridgehead atoms. The first-order valence-corrected chi connectivity index (χ1v) is 11.3. The summed E-state index contributed by atoms with van der Waals surface area (Å²) in [5, 5.41) is 15.0. The second-order valence-electron chi connectivity index (χ2n) is 8.45. The van der Waals surface area contributed by atoms with Gasteiger partial charge >= 0.3 is 12.1 Å². The molecule has 2 aromatic heterocycles. The number of carboxylic acid groups (broad SMARTS) is 1. The zero-order valence-corrected chi connectivity index (χ0v) is 19.1. The number of fused-ring (bicyclic) bond motifs is 1. The minimum Gasteiger partial charge on any atom is -0.465 e. The van der Waals surface area contributed by atoms with Gasteiger partial charge in [-0.05, 0) is 43.3 Å². The van der Waals surface area contributed by atoms with Crippen LogP contribution >= 0.6 is 0 Å². The minimum atomic E-state index is -0.981. The number of hydrogen-bond acceptors (Lipinski definition) is 7. The van der Waals surface area contributed by atoms with Crippen molar-refractivity contribution in [1.29, 1.82) is 0 Å². The van der Waals surface area contributed by atoms with E-state index < -0.39 is 6.09 Å². The summed E-state index contributed by atoms with van der Waals surface area (Å²) in [6.45, 7) is 4.39. The molecule has 1 saturated heterocycles. The van der Waals surface area contributed by atoms with Crippen LogP contribution in [-0.2, 0) is 17.8 Å². The van der Waals surface area contributed by atoms with Gasteiger partial charge in [-0.15, -0.1) is 0 Å². The van der Waals surface area contributed by atoms with Crippen LogP contribution in [0.2, 0.25) is 0 Å². The Hall–Kier alpha value is -4.25. The number of amides is 3. The van der Waals surface area contributed by atoms with E-state index in [1.807, 2.05) is 12.1 Å². The van der Waals surface area contributed by atoms with E-state index in [1.165, 1.54) is 4.90 Å². The number of rotatable bonds is 4. The van der Waals surface area contributed by atoms with Crippen molar-refractivity contribution in [3.63, 3.8) is 0 Å². The molecule has 3 amide bonds. The van der Waals surface area contributed by atoms with Crippen molar-refractivity contribution in [2.24, 2.45) is 0 Å². The average molecular weight is 476 g/mol. The second kappa shape index (κ2) is 9.55. The number of hydrogen-bond donors (Lipinski definition) is 3. The third-order valence-electron chi connectivity index (χ3n) is 5.99. The standard InChI is InChI=1S/C24H25N7O4/c1-15-14-35-10-9-31(15)22-19-12-30(24(33)34)13-20(19)28-21(29-22)16-4-6-17(7-5-16)26-23(32)27-18-3-2-8-25-11-18/h2-8,11,15H,9-10,12-14H2,1H3,(H,33,34)(H2,26,27,32). The van der Waals surface area contributed by atoms with Crippen LogP contribution in [0.3, 0.4) is 0 Å². The second-order valence-corrected chi connectivity index (χ2v) is 8.45. The molecule has 180 valence electrons. The van der Waals surface area contributed by atoms with Crippen LogP contribution in [0, 0.1) is 0 Å². The fourth-order valence-corrected chi connectivity index (χ4v) is 4.21. The van der Waals surface area contributed by atoms with Crippen LogP contribution in [0.4, 0.5) is 26.8 Å². The van der Waals surface area contributed by atoms with Crippen molar-refractivity contribution in [3.05, 3.63) is 60.0 Å². The number of anilines is 3. The molecule has 11 nitrogen and oxygen atoms in total. The van der Waals surface area contributed by atoms with E-state index >= 15 is 0 Å². The fourth-order valence-electron chi connectivity index (χ4n) is 4.21. The smallest absolute Gasteiger partial charge is 0.407 e. The van der Waals surface area contributed by atoms with Crippen molar-refractivity contribution in [2.75, 3.05) is 35.3 Å². The van der Waals surface area contributed by atoms with Crippen LogP contribution < -0.4 is 15.5 Å². The van der Waals surface area contributed by atoms with Crippen LogP contribution in [0.5, 0.6) is 0 Å². The Morgan fingerprint density at radius 3 is 2.60 bits per heavy atom. The lowest BCUT2D eigenvalue weighted by Crippen LogP contribution is -2.44. The number of carbonyl (C=O) groups excluding carboxylic acids is 1. The Morgan fingerprint density at radius 2 is 1.89 bits per heavy atom. The number of pyridine rings is 1. The monoisotopic (exact) mass is 475 g/mol. The first-order valence-electron chi connectivity index (χ1n) is 11.3. The maximum atomic E-state index is 12.3. The number of ether oxygens (including phenoxy) is 1. The van der Waals surface area contributed by atoms with E-state index in [0.29, 0.717) is 42.7 Å². The van der Waals surface area contributed by atoms with Gasteiger partial charge < -0.3 is 25.4 Å². The normalized spacial score (nSPS) is 17.1. The maximum absolute atomic E-state index is 12.3. The van der Waals surface area contributed by atoms with E-state index in [1.54, 1.807) is 36.7 Å². The lowest BCUT2D eigenvalue weighted by atomic mass is 10.1. The molecule has 35 heavy (non-hydrogen) atoms. The molecule has 4 heterocycles. The Kier molecular flexibility index (Phi) is 6.15. The Labute approximate surface area is 201 Å². The largest absolute Gasteiger partial charge is 0.465 e. The Bertz CT molecular complexity index is 1240. The molecule has 0 spiro atoms. The van der Waals surface area contributed by atoms with Crippen molar-refractivity contribution < 1.29 is 19.4 Å². The number of morpholine rings is 1. The van der Waals surface area contributed by atoms with E-state index in [2.05, 4.69) is 27.4 Å². The quantitative estimate of drug-likeness (QED) is 0.523. The van der Waals surface area contributed by atoms with Gasteiger partial charge in [0.25, 0.3) is 0 Å². The average Bonchev–Trinajstić information content (AvgIpc) is 3.30. The molecule has 1 atom stereocenters. The molecule has 0 saturated carbocycles. The molecule has 3 aromatic rings. The molecule has 0 radical (unpaired) electrons. The van der Waals surface area contributed by atoms with Crippen LogP contribution in [-0.4, -0.2) is 62.9 Å². The maximum Gasteiger partial charge on any atom is 0.407 e. The van der Waals surface area contributed by atoms with Crippen molar-refractivity contribution in [1.82, 2.24) is 19.9 Å². The van der Waals surface area contributed by atoms with Gasteiger partial charge in [-0.1, -0.05) is 0 Å². The number of nitrogens with zero attached hydrogens (tertiary/aromatic N) is 5. The summed E-state index contributed by atoms with van der Waals surface area (Å²) < 4.78 is 5.58. The summed E-state index contributed by atoms with van der Waals surface area (Å²) in [6.07, 6.45) is 2.21. The molecule has 1 fully saturated rings. The van der Waals surface area contributed by atoms with Gasteiger partial charge in [0.05, 0.1) is 49.9 Å². The molecule has 2 aliphatic heterocycles. The molecular formula is C24H25N7O4.